The summed E-state index contributed by atoms with van der Waals surface area (Å²) >= 11 is 0. The largest absolute Gasteiger partial charge is 0.481 e. The van der Waals surface area contributed by atoms with Gasteiger partial charge < -0.3 is 20.5 Å². The quantitative estimate of drug-likeness (QED) is 0.447. The van der Waals surface area contributed by atoms with Crippen LogP contribution in [0.3, 0.4) is 0 Å². The molecule has 1 unspecified atom stereocenters. The maximum Gasteiger partial charge on any atom is 0.407 e. The van der Waals surface area contributed by atoms with E-state index in [0.717, 1.165) is 22.3 Å². The maximum atomic E-state index is 14.0. The maximum absolute atomic E-state index is 14.0. The van der Waals surface area contributed by atoms with Gasteiger partial charge in [0.2, 0.25) is 5.91 Å². The van der Waals surface area contributed by atoms with Crippen molar-refractivity contribution in [3.8, 4) is 11.1 Å². The molecule has 0 aromatic heterocycles. The van der Waals surface area contributed by atoms with Gasteiger partial charge >= 0.3 is 12.1 Å². The van der Waals surface area contributed by atoms with Crippen LogP contribution in [0.5, 0.6) is 0 Å². The van der Waals surface area contributed by atoms with Crippen LogP contribution in [0.25, 0.3) is 11.1 Å². The second kappa shape index (κ2) is 10.4. The Bertz CT molecular complexity index is 1220. The minimum absolute atomic E-state index is 0.0207. The predicted octanol–water partition coefficient (Wildman–Crippen LogP) is 4.38. The lowest BCUT2D eigenvalue weighted by atomic mass is 9.98. The number of carboxylic acid groups (broad SMARTS) is 1. The molecule has 3 N–H and O–H groups in total. The molecule has 0 fully saturated rings. The number of halogens is 1. The van der Waals surface area contributed by atoms with Crippen LogP contribution >= 0.6 is 0 Å². The topological polar surface area (TPSA) is 105 Å². The van der Waals surface area contributed by atoms with Crippen molar-refractivity contribution in [1.82, 2.24) is 10.6 Å². The Balaban J connectivity index is 1.42. The van der Waals surface area contributed by atoms with E-state index in [1.165, 1.54) is 18.2 Å². The van der Waals surface area contributed by atoms with Gasteiger partial charge in [0.25, 0.3) is 0 Å². The SMILES string of the molecule is C[C@@H](NC(=O)C(CC(=O)O)NC(=O)OCC1c2ccccc2-c2ccccc21)c1ccccc1F. The van der Waals surface area contributed by atoms with E-state index in [1.807, 2.05) is 48.5 Å². The summed E-state index contributed by atoms with van der Waals surface area (Å²) in [6, 6.07) is 19.5. The van der Waals surface area contributed by atoms with Crippen molar-refractivity contribution in [2.75, 3.05) is 6.61 Å². The number of carbonyl (C=O) groups is 3. The van der Waals surface area contributed by atoms with Gasteiger partial charge in [0.05, 0.1) is 12.5 Å². The van der Waals surface area contributed by atoms with E-state index in [4.69, 9.17) is 4.74 Å². The summed E-state index contributed by atoms with van der Waals surface area (Å²) in [5.41, 5.74) is 4.45. The Kier molecular flexibility index (Phi) is 7.10. The lowest BCUT2D eigenvalue weighted by molar-refractivity contribution is -0.140. The highest BCUT2D eigenvalue weighted by molar-refractivity contribution is 5.89. The van der Waals surface area contributed by atoms with E-state index in [0.29, 0.717) is 0 Å². The van der Waals surface area contributed by atoms with Crippen LogP contribution < -0.4 is 10.6 Å². The number of nitrogens with one attached hydrogen (secondary N) is 2. The zero-order chi connectivity index (χ0) is 24.9. The van der Waals surface area contributed by atoms with Gasteiger partial charge in [-0.2, -0.15) is 0 Å². The molecule has 4 rings (SSSR count). The number of hydrogen-bond donors (Lipinski definition) is 3. The van der Waals surface area contributed by atoms with E-state index in [9.17, 15) is 23.9 Å². The highest BCUT2D eigenvalue weighted by Gasteiger charge is 2.30. The Morgan fingerprint density at radius 3 is 2.09 bits per heavy atom. The van der Waals surface area contributed by atoms with Gasteiger partial charge in [0.15, 0.2) is 0 Å². The number of alkyl carbamates (subject to hydrolysis) is 1. The van der Waals surface area contributed by atoms with E-state index >= 15 is 0 Å². The van der Waals surface area contributed by atoms with Crippen molar-refractivity contribution in [2.24, 2.45) is 0 Å². The molecule has 35 heavy (non-hydrogen) atoms. The average Bonchev–Trinajstić information content (AvgIpc) is 3.16. The summed E-state index contributed by atoms with van der Waals surface area (Å²) in [6.45, 7) is 1.59. The van der Waals surface area contributed by atoms with Gasteiger partial charge in [-0.05, 0) is 35.2 Å². The van der Waals surface area contributed by atoms with Gasteiger partial charge in [-0.1, -0.05) is 66.7 Å². The van der Waals surface area contributed by atoms with Crippen molar-refractivity contribution in [3.63, 3.8) is 0 Å². The molecule has 0 heterocycles. The zero-order valence-corrected chi connectivity index (χ0v) is 19.0. The lowest BCUT2D eigenvalue weighted by Crippen LogP contribution is -2.48. The fraction of sp³-hybridized carbons (Fsp3) is 0.222. The summed E-state index contributed by atoms with van der Waals surface area (Å²) in [5.74, 6) is -2.71. The second-order valence-corrected chi connectivity index (χ2v) is 8.37. The average molecular weight is 477 g/mol. The van der Waals surface area contributed by atoms with Crippen molar-refractivity contribution >= 4 is 18.0 Å². The van der Waals surface area contributed by atoms with Crippen molar-refractivity contribution < 1.29 is 28.6 Å². The molecule has 0 aliphatic heterocycles. The molecule has 1 aliphatic rings. The number of fused-ring (bicyclic) bond motifs is 3. The fourth-order valence-electron chi connectivity index (χ4n) is 4.38. The number of carboxylic acids is 1. The third-order valence-corrected chi connectivity index (χ3v) is 6.06. The van der Waals surface area contributed by atoms with Crippen LogP contribution in [-0.4, -0.2) is 35.7 Å². The van der Waals surface area contributed by atoms with Crippen molar-refractivity contribution in [2.45, 2.75) is 31.3 Å². The Hall–Kier alpha value is -4.20. The molecule has 0 bridgehead atoms. The van der Waals surface area contributed by atoms with Crippen LogP contribution in [0.1, 0.15) is 42.0 Å². The number of hydrogen-bond acceptors (Lipinski definition) is 4. The molecule has 3 aromatic rings. The first kappa shape index (κ1) is 23.9. The van der Waals surface area contributed by atoms with E-state index in [2.05, 4.69) is 10.6 Å². The van der Waals surface area contributed by atoms with Crippen LogP contribution in [0.4, 0.5) is 9.18 Å². The third-order valence-electron chi connectivity index (χ3n) is 6.06. The first-order chi connectivity index (χ1) is 16.8. The van der Waals surface area contributed by atoms with Crippen LogP contribution in [-0.2, 0) is 14.3 Å². The molecule has 2 atom stereocenters. The van der Waals surface area contributed by atoms with Gasteiger partial charge in [-0.3, -0.25) is 9.59 Å². The van der Waals surface area contributed by atoms with Crippen molar-refractivity contribution in [1.29, 1.82) is 0 Å². The molecule has 0 spiro atoms. The van der Waals surface area contributed by atoms with Gasteiger partial charge in [-0.25, -0.2) is 9.18 Å². The normalized spacial score (nSPS) is 13.8. The second-order valence-electron chi connectivity index (χ2n) is 8.37. The summed E-state index contributed by atoms with van der Waals surface area (Å²) in [4.78, 5) is 36.6. The summed E-state index contributed by atoms with van der Waals surface area (Å²) in [7, 11) is 0. The van der Waals surface area contributed by atoms with Gasteiger partial charge in [0.1, 0.15) is 18.5 Å². The number of aliphatic carboxylic acids is 1. The summed E-state index contributed by atoms with van der Waals surface area (Å²) < 4.78 is 19.5. The first-order valence-corrected chi connectivity index (χ1v) is 11.2. The molecule has 2 amide bonds. The molecule has 7 nitrogen and oxygen atoms in total. The molecule has 3 aromatic carbocycles. The van der Waals surface area contributed by atoms with Crippen LogP contribution in [0, 0.1) is 5.82 Å². The van der Waals surface area contributed by atoms with E-state index in [1.54, 1.807) is 13.0 Å². The molecule has 1 aliphatic carbocycles. The highest BCUT2D eigenvalue weighted by atomic mass is 19.1. The van der Waals surface area contributed by atoms with E-state index in [-0.39, 0.29) is 18.1 Å². The molecule has 0 saturated heterocycles. The molecular weight excluding hydrogens is 451 g/mol. The van der Waals surface area contributed by atoms with Crippen LogP contribution in [0.2, 0.25) is 0 Å². The molecule has 8 heteroatoms. The standard InChI is InChI=1S/C27H25FN2O5/c1-16(17-8-6-7-13-23(17)28)29-26(33)24(14-25(31)32)30-27(34)35-15-22-20-11-4-2-9-18(20)19-10-3-5-12-21(19)22/h2-13,16,22,24H,14-15H2,1H3,(H,29,33)(H,30,34)(H,31,32)/t16-,24?/m1/s1. The zero-order valence-electron chi connectivity index (χ0n) is 19.0. The molecule has 0 radical (unpaired) electrons. The Morgan fingerprint density at radius 1 is 0.914 bits per heavy atom. The molecule has 180 valence electrons. The number of carbonyl (C=O) groups excluding carboxylic acids is 2. The lowest BCUT2D eigenvalue weighted by Gasteiger charge is -2.21. The monoisotopic (exact) mass is 476 g/mol. The van der Waals surface area contributed by atoms with Crippen molar-refractivity contribution in [3.05, 3.63) is 95.3 Å². The van der Waals surface area contributed by atoms with Gasteiger partial charge in [-0.15, -0.1) is 0 Å². The summed E-state index contributed by atoms with van der Waals surface area (Å²) in [5, 5.41) is 14.1. The Labute approximate surface area is 201 Å². The highest BCUT2D eigenvalue weighted by Crippen LogP contribution is 2.44. The molecular formula is C27H25FN2O5. The fourth-order valence-corrected chi connectivity index (χ4v) is 4.38. The first-order valence-electron chi connectivity index (χ1n) is 11.2. The minimum atomic E-state index is -1.39. The van der Waals surface area contributed by atoms with E-state index < -0.39 is 42.3 Å². The minimum Gasteiger partial charge on any atom is -0.481 e. The smallest absolute Gasteiger partial charge is 0.407 e. The summed E-state index contributed by atoms with van der Waals surface area (Å²) in [6.07, 6.45) is -1.56. The number of benzene rings is 3. The van der Waals surface area contributed by atoms with Crippen LogP contribution in [0.15, 0.2) is 72.8 Å². The predicted molar refractivity (Wildman–Crippen MR) is 127 cm³/mol. The number of rotatable bonds is 8. The Morgan fingerprint density at radius 2 is 1.49 bits per heavy atom. The third kappa shape index (κ3) is 5.32. The van der Waals surface area contributed by atoms with Gasteiger partial charge in [0, 0.05) is 11.5 Å². The number of ether oxygens (including phenoxy) is 1. The molecule has 0 saturated carbocycles. The number of amides is 2.